The average molecular weight is 218 g/mol. The first-order chi connectivity index (χ1) is 7.93. The van der Waals surface area contributed by atoms with Gasteiger partial charge in [-0.25, -0.2) is 0 Å². The quantitative estimate of drug-likeness (QED) is 0.607. The summed E-state index contributed by atoms with van der Waals surface area (Å²) in [5.74, 6) is 0. The Hall–Kier alpha value is -0.810. The molecule has 0 aromatic heterocycles. The van der Waals surface area contributed by atoms with Gasteiger partial charge in [-0.1, -0.05) is 24.3 Å². The van der Waals surface area contributed by atoms with Gasteiger partial charge >= 0.3 is 14.2 Å². The predicted molar refractivity (Wildman–Crippen MR) is 61.0 cm³/mol. The fraction of sp³-hybridized carbons (Fsp3) is 0.400. The van der Waals surface area contributed by atoms with Crippen LogP contribution in [0.1, 0.15) is 0 Å². The maximum Gasteiger partial charge on any atom is 0.494 e. The lowest BCUT2D eigenvalue weighted by Crippen LogP contribution is -2.36. The summed E-state index contributed by atoms with van der Waals surface area (Å²) < 4.78 is 21.7. The van der Waals surface area contributed by atoms with Gasteiger partial charge in [-0.2, -0.15) is 0 Å². The van der Waals surface area contributed by atoms with Gasteiger partial charge in [0, 0.05) is 0 Å². The molecule has 82 valence electrons. The molecular weight excluding hydrogens is 206 g/mol. The van der Waals surface area contributed by atoms with Crippen LogP contribution in [-0.2, 0) is 18.6 Å². The van der Waals surface area contributed by atoms with Crippen LogP contribution < -0.4 is 10.9 Å². The second kappa shape index (κ2) is 4.59. The lowest BCUT2D eigenvalue weighted by Gasteiger charge is -2.07. The summed E-state index contributed by atoms with van der Waals surface area (Å²) in [5.41, 5.74) is 2.08. The predicted octanol–water partition coefficient (Wildman–Crippen LogP) is -0.829. The van der Waals surface area contributed by atoms with Crippen molar-refractivity contribution < 1.29 is 18.6 Å². The van der Waals surface area contributed by atoms with E-state index in [2.05, 4.69) is 0 Å². The molecule has 0 bridgehead atoms. The summed E-state index contributed by atoms with van der Waals surface area (Å²) in [7, 11) is -0.418. The van der Waals surface area contributed by atoms with Gasteiger partial charge in [0.2, 0.25) is 0 Å². The Labute approximate surface area is 95.1 Å². The van der Waals surface area contributed by atoms with Crippen molar-refractivity contribution in [2.75, 3.05) is 26.4 Å². The average Bonchev–Trinajstić information content (AvgIpc) is 3.03. The van der Waals surface area contributed by atoms with Gasteiger partial charge in [0.05, 0.1) is 26.4 Å². The fourth-order valence-electron chi connectivity index (χ4n) is 1.91. The molecule has 2 saturated heterocycles. The zero-order chi connectivity index (χ0) is 10.8. The van der Waals surface area contributed by atoms with E-state index in [1.54, 1.807) is 0 Å². The van der Waals surface area contributed by atoms with E-state index in [1.807, 2.05) is 24.3 Å². The first-order valence-corrected chi connectivity index (χ1v) is 5.50. The molecule has 0 N–H and O–H groups in total. The van der Waals surface area contributed by atoms with E-state index in [0.29, 0.717) is 26.4 Å². The maximum atomic E-state index is 5.42. The van der Waals surface area contributed by atoms with Crippen LogP contribution in [0.25, 0.3) is 0 Å². The van der Waals surface area contributed by atoms with Crippen LogP contribution in [0.4, 0.5) is 0 Å². The minimum absolute atomic E-state index is 0.209. The van der Waals surface area contributed by atoms with E-state index >= 15 is 0 Å². The lowest BCUT2D eigenvalue weighted by molar-refractivity contribution is 0.365. The van der Waals surface area contributed by atoms with E-state index in [1.165, 1.54) is 0 Å². The molecular formula is C10H12B2O4. The molecule has 2 aliphatic rings. The van der Waals surface area contributed by atoms with Crippen molar-refractivity contribution in [3.8, 4) is 0 Å². The van der Waals surface area contributed by atoms with E-state index in [4.69, 9.17) is 18.6 Å². The number of hydrogen-bond acceptors (Lipinski definition) is 4. The van der Waals surface area contributed by atoms with E-state index in [-0.39, 0.29) is 14.2 Å². The van der Waals surface area contributed by atoms with Gasteiger partial charge in [-0.15, -0.1) is 0 Å². The summed E-state index contributed by atoms with van der Waals surface area (Å²) >= 11 is 0. The van der Waals surface area contributed by atoms with Gasteiger partial charge in [-0.05, 0) is 10.9 Å². The van der Waals surface area contributed by atoms with Gasteiger partial charge in [0.15, 0.2) is 0 Å². The minimum Gasteiger partial charge on any atom is -0.405 e. The molecule has 6 heteroatoms. The summed E-state index contributed by atoms with van der Waals surface area (Å²) in [4.78, 5) is 0. The Morgan fingerprint density at radius 1 is 0.625 bits per heavy atom. The van der Waals surface area contributed by atoms with Crippen molar-refractivity contribution in [3.05, 3.63) is 24.3 Å². The van der Waals surface area contributed by atoms with Crippen LogP contribution >= 0.6 is 0 Å². The normalized spacial score (nSPS) is 20.8. The highest BCUT2D eigenvalue weighted by Crippen LogP contribution is 2.02. The molecule has 1 aromatic carbocycles. The molecule has 1 aromatic rings. The standard InChI is InChI=1S/C10H12B2O4/c1-2-10(12-15-7-8-16-12)4-3-9(1)11-13-5-6-14-11/h1-4H,5-8H2. The second-order valence-electron chi connectivity index (χ2n) is 3.81. The summed E-state index contributed by atoms with van der Waals surface area (Å²) in [6, 6.07) is 7.99. The molecule has 0 aliphatic carbocycles. The Balaban J connectivity index is 1.73. The zero-order valence-electron chi connectivity index (χ0n) is 8.93. The SMILES string of the molecule is c1cc(B2OCCO2)ccc1B1OCCO1. The summed E-state index contributed by atoms with van der Waals surface area (Å²) in [5, 5.41) is 0. The van der Waals surface area contributed by atoms with Crippen molar-refractivity contribution in [3.63, 3.8) is 0 Å². The van der Waals surface area contributed by atoms with Crippen molar-refractivity contribution >= 4 is 25.2 Å². The Bertz CT molecular complexity index is 309. The van der Waals surface area contributed by atoms with E-state index < -0.39 is 0 Å². The second-order valence-corrected chi connectivity index (χ2v) is 3.81. The number of benzene rings is 1. The highest BCUT2D eigenvalue weighted by molar-refractivity contribution is 6.63. The maximum absolute atomic E-state index is 5.42. The first kappa shape index (κ1) is 10.4. The number of hydrogen-bond donors (Lipinski definition) is 0. The van der Waals surface area contributed by atoms with Crippen LogP contribution in [0.15, 0.2) is 24.3 Å². The van der Waals surface area contributed by atoms with Crippen LogP contribution in [-0.4, -0.2) is 40.7 Å². The molecule has 3 rings (SSSR count). The largest absolute Gasteiger partial charge is 0.494 e. The van der Waals surface area contributed by atoms with Gasteiger partial charge in [0.1, 0.15) is 0 Å². The molecule has 2 aliphatic heterocycles. The van der Waals surface area contributed by atoms with Crippen molar-refractivity contribution in [1.29, 1.82) is 0 Å². The molecule has 0 radical (unpaired) electrons. The third kappa shape index (κ3) is 2.01. The van der Waals surface area contributed by atoms with Crippen LogP contribution in [0.3, 0.4) is 0 Å². The highest BCUT2D eigenvalue weighted by atomic mass is 16.6. The zero-order valence-corrected chi connectivity index (χ0v) is 8.93. The molecule has 0 atom stereocenters. The fourth-order valence-corrected chi connectivity index (χ4v) is 1.91. The topological polar surface area (TPSA) is 36.9 Å². The molecule has 0 spiro atoms. The molecule has 4 nitrogen and oxygen atoms in total. The Morgan fingerprint density at radius 2 is 0.938 bits per heavy atom. The van der Waals surface area contributed by atoms with Crippen molar-refractivity contribution in [2.45, 2.75) is 0 Å². The third-order valence-electron chi connectivity index (χ3n) is 2.72. The van der Waals surface area contributed by atoms with E-state index in [0.717, 1.165) is 10.9 Å². The Morgan fingerprint density at radius 3 is 1.25 bits per heavy atom. The van der Waals surface area contributed by atoms with E-state index in [9.17, 15) is 0 Å². The lowest BCUT2D eigenvalue weighted by atomic mass is 9.74. The minimum atomic E-state index is -0.209. The molecule has 0 unspecified atom stereocenters. The molecule has 0 saturated carbocycles. The molecule has 2 heterocycles. The first-order valence-electron chi connectivity index (χ1n) is 5.50. The molecule has 2 fully saturated rings. The summed E-state index contributed by atoms with van der Waals surface area (Å²) in [6.45, 7) is 2.67. The third-order valence-corrected chi connectivity index (χ3v) is 2.72. The summed E-state index contributed by atoms with van der Waals surface area (Å²) in [6.07, 6.45) is 0. The Kier molecular flexibility index (Phi) is 2.97. The van der Waals surface area contributed by atoms with Crippen LogP contribution in [0.2, 0.25) is 0 Å². The van der Waals surface area contributed by atoms with Gasteiger partial charge in [-0.3, -0.25) is 0 Å². The number of rotatable bonds is 2. The van der Waals surface area contributed by atoms with Crippen LogP contribution in [0, 0.1) is 0 Å². The molecule has 0 amide bonds. The van der Waals surface area contributed by atoms with Crippen molar-refractivity contribution in [2.24, 2.45) is 0 Å². The monoisotopic (exact) mass is 218 g/mol. The molecule has 16 heavy (non-hydrogen) atoms. The van der Waals surface area contributed by atoms with Crippen LogP contribution in [0.5, 0.6) is 0 Å². The smallest absolute Gasteiger partial charge is 0.405 e. The highest BCUT2D eigenvalue weighted by Gasteiger charge is 2.29. The van der Waals surface area contributed by atoms with Gasteiger partial charge in [0.25, 0.3) is 0 Å². The van der Waals surface area contributed by atoms with Gasteiger partial charge < -0.3 is 18.6 Å². The van der Waals surface area contributed by atoms with Crippen molar-refractivity contribution in [1.82, 2.24) is 0 Å².